The second-order valence-electron chi connectivity index (χ2n) is 7.42. The fourth-order valence-corrected chi connectivity index (χ4v) is 3.55. The molecule has 7 heteroatoms. The first kappa shape index (κ1) is 18.9. The van der Waals surface area contributed by atoms with Gasteiger partial charge in [0.1, 0.15) is 11.9 Å². The molecule has 0 radical (unpaired) electrons. The van der Waals surface area contributed by atoms with Gasteiger partial charge < -0.3 is 15.5 Å². The van der Waals surface area contributed by atoms with Gasteiger partial charge in [0, 0.05) is 32.4 Å². The zero-order valence-electron chi connectivity index (χ0n) is 16.6. The molecule has 1 aliphatic heterocycles. The first-order valence-corrected chi connectivity index (χ1v) is 10.1. The van der Waals surface area contributed by atoms with Gasteiger partial charge >= 0.3 is 0 Å². The maximum Gasteiger partial charge on any atom is 0.172 e. The zero-order chi connectivity index (χ0) is 20.1. The lowest BCUT2D eigenvalue weighted by Gasteiger charge is -2.32. The summed E-state index contributed by atoms with van der Waals surface area (Å²) in [5, 5.41) is 15.8. The van der Waals surface area contributed by atoms with Crippen molar-refractivity contribution in [3.05, 3.63) is 48.2 Å². The summed E-state index contributed by atoms with van der Waals surface area (Å²) in [7, 11) is 0. The number of aromatic nitrogens is 3. The molecule has 0 spiro atoms. The fourth-order valence-electron chi connectivity index (χ4n) is 3.55. The Hall–Kier alpha value is -3.40. The quantitative estimate of drug-likeness (QED) is 0.624. The van der Waals surface area contributed by atoms with E-state index in [1.165, 1.54) is 12.8 Å². The lowest BCUT2D eigenvalue weighted by Crippen LogP contribution is -2.34. The molecular formula is C22H25N7. The van der Waals surface area contributed by atoms with Crippen molar-refractivity contribution in [1.29, 1.82) is 5.26 Å². The predicted molar refractivity (Wildman–Crippen MR) is 116 cm³/mol. The van der Waals surface area contributed by atoms with Crippen LogP contribution in [0, 0.1) is 17.2 Å². The molecule has 2 aromatic heterocycles. The third-order valence-corrected chi connectivity index (χ3v) is 5.27. The molecule has 1 aromatic carbocycles. The van der Waals surface area contributed by atoms with Crippen molar-refractivity contribution in [2.45, 2.75) is 19.8 Å². The van der Waals surface area contributed by atoms with Crippen LogP contribution in [-0.4, -0.2) is 41.1 Å². The number of para-hydroxylation sites is 2. The van der Waals surface area contributed by atoms with E-state index in [-0.39, 0.29) is 0 Å². The predicted octanol–water partition coefficient (Wildman–Crippen LogP) is 3.66. The number of nitrogens with zero attached hydrogens (tertiary/aromatic N) is 5. The summed E-state index contributed by atoms with van der Waals surface area (Å²) in [5.41, 5.74) is 2.34. The van der Waals surface area contributed by atoms with E-state index < -0.39 is 0 Å². The minimum absolute atomic E-state index is 0.543. The van der Waals surface area contributed by atoms with E-state index in [1.807, 2.05) is 24.3 Å². The molecule has 0 amide bonds. The normalized spacial score (nSPS) is 14.6. The molecule has 0 unspecified atom stereocenters. The van der Waals surface area contributed by atoms with Gasteiger partial charge in [-0.05, 0) is 43.0 Å². The second kappa shape index (κ2) is 8.74. The third kappa shape index (κ3) is 4.37. The average Bonchev–Trinajstić information content (AvgIpc) is 2.77. The summed E-state index contributed by atoms with van der Waals surface area (Å²) >= 11 is 0. The lowest BCUT2D eigenvalue weighted by molar-refractivity contribution is 0.437. The number of anilines is 3. The molecule has 1 fully saturated rings. The van der Waals surface area contributed by atoms with Crippen molar-refractivity contribution in [2.24, 2.45) is 5.92 Å². The first-order chi connectivity index (χ1) is 14.2. The highest BCUT2D eigenvalue weighted by atomic mass is 15.2. The average molecular weight is 387 g/mol. The summed E-state index contributed by atoms with van der Waals surface area (Å²) in [6.45, 7) is 5.57. The highest BCUT2D eigenvalue weighted by Crippen LogP contribution is 2.28. The van der Waals surface area contributed by atoms with Crippen LogP contribution in [0.2, 0.25) is 0 Å². The molecule has 29 heavy (non-hydrogen) atoms. The van der Waals surface area contributed by atoms with Crippen molar-refractivity contribution >= 4 is 28.5 Å². The van der Waals surface area contributed by atoms with Gasteiger partial charge in [-0.25, -0.2) is 15.0 Å². The van der Waals surface area contributed by atoms with Gasteiger partial charge in [-0.2, -0.15) is 5.26 Å². The van der Waals surface area contributed by atoms with Crippen LogP contribution in [0.25, 0.3) is 11.0 Å². The van der Waals surface area contributed by atoms with Crippen LogP contribution in [0.4, 0.5) is 17.5 Å². The minimum Gasteiger partial charge on any atom is -0.367 e. The van der Waals surface area contributed by atoms with Gasteiger partial charge in [0.25, 0.3) is 0 Å². The number of fused-ring (bicyclic) bond motifs is 1. The van der Waals surface area contributed by atoms with Crippen LogP contribution in [0.3, 0.4) is 0 Å². The molecule has 3 aromatic rings. The van der Waals surface area contributed by atoms with E-state index in [1.54, 1.807) is 18.3 Å². The minimum atomic E-state index is 0.543. The van der Waals surface area contributed by atoms with E-state index in [2.05, 4.69) is 33.5 Å². The Morgan fingerprint density at radius 2 is 1.69 bits per heavy atom. The number of nitriles is 1. The summed E-state index contributed by atoms with van der Waals surface area (Å²) < 4.78 is 0. The Bertz CT molecular complexity index is 1020. The Morgan fingerprint density at radius 3 is 2.41 bits per heavy atom. The van der Waals surface area contributed by atoms with Gasteiger partial charge in [0.2, 0.25) is 0 Å². The molecule has 2 N–H and O–H groups in total. The van der Waals surface area contributed by atoms with Crippen molar-refractivity contribution in [3.63, 3.8) is 0 Å². The first-order valence-electron chi connectivity index (χ1n) is 10.1. The lowest BCUT2D eigenvalue weighted by atomic mass is 9.99. The second-order valence-corrected chi connectivity index (χ2v) is 7.42. The van der Waals surface area contributed by atoms with Crippen molar-refractivity contribution in [1.82, 2.24) is 15.0 Å². The number of hydrogen-bond donors (Lipinski definition) is 2. The summed E-state index contributed by atoms with van der Waals surface area (Å²) in [6.07, 6.45) is 4.03. The number of benzene rings is 1. The van der Waals surface area contributed by atoms with Crippen molar-refractivity contribution < 1.29 is 0 Å². The zero-order valence-corrected chi connectivity index (χ0v) is 16.6. The summed E-state index contributed by atoms with van der Waals surface area (Å²) in [5.74, 6) is 3.09. The molecular weight excluding hydrogens is 362 g/mol. The molecule has 1 aliphatic rings. The number of hydrogen-bond acceptors (Lipinski definition) is 7. The Kier molecular flexibility index (Phi) is 5.71. The van der Waals surface area contributed by atoms with E-state index in [0.29, 0.717) is 24.5 Å². The highest BCUT2D eigenvalue weighted by Gasteiger charge is 2.21. The monoisotopic (exact) mass is 387 g/mol. The van der Waals surface area contributed by atoms with Gasteiger partial charge in [-0.15, -0.1) is 0 Å². The topological polar surface area (TPSA) is 89.8 Å². The maximum atomic E-state index is 9.18. The number of rotatable bonds is 6. The summed E-state index contributed by atoms with van der Waals surface area (Å²) in [6, 6.07) is 13.6. The SMILES string of the molecule is CC1CCN(c2nc3ccccc3nc2NCCNc2ncccc2C#N)CC1. The van der Waals surface area contributed by atoms with Crippen LogP contribution in [-0.2, 0) is 0 Å². The molecule has 0 bridgehead atoms. The largest absolute Gasteiger partial charge is 0.367 e. The Morgan fingerprint density at radius 1 is 1.00 bits per heavy atom. The van der Waals surface area contributed by atoms with Crippen LogP contribution in [0.1, 0.15) is 25.3 Å². The van der Waals surface area contributed by atoms with Crippen LogP contribution in [0.5, 0.6) is 0 Å². The van der Waals surface area contributed by atoms with Crippen molar-refractivity contribution in [3.8, 4) is 6.07 Å². The van der Waals surface area contributed by atoms with Gasteiger partial charge in [0.15, 0.2) is 11.6 Å². The van der Waals surface area contributed by atoms with Crippen LogP contribution >= 0.6 is 0 Å². The highest BCUT2D eigenvalue weighted by molar-refractivity contribution is 5.80. The molecule has 1 saturated heterocycles. The molecule has 0 aliphatic carbocycles. The Balaban J connectivity index is 1.49. The molecule has 4 rings (SSSR count). The van der Waals surface area contributed by atoms with E-state index >= 15 is 0 Å². The molecule has 0 atom stereocenters. The molecule has 0 saturated carbocycles. The van der Waals surface area contributed by atoms with Crippen LogP contribution < -0.4 is 15.5 Å². The molecule has 148 valence electrons. The van der Waals surface area contributed by atoms with Gasteiger partial charge in [-0.3, -0.25) is 0 Å². The summed E-state index contributed by atoms with van der Waals surface area (Å²) in [4.78, 5) is 16.3. The van der Waals surface area contributed by atoms with E-state index in [4.69, 9.17) is 9.97 Å². The number of pyridine rings is 1. The smallest absolute Gasteiger partial charge is 0.172 e. The standard InChI is InChI=1S/C22H25N7/c1-16-8-13-29(14-9-16)22-21(27-18-6-2-3-7-19(18)28-22)26-12-11-25-20-17(15-23)5-4-10-24-20/h2-7,10,16H,8-9,11-14H2,1H3,(H,24,25)(H,26,27). The van der Waals surface area contributed by atoms with E-state index in [0.717, 1.165) is 41.7 Å². The van der Waals surface area contributed by atoms with Crippen LogP contribution in [0.15, 0.2) is 42.6 Å². The third-order valence-electron chi connectivity index (χ3n) is 5.27. The van der Waals surface area contributed by atoms with Gasteiger partial charge in [0.05, 0.1) is 16.6 Å². The molecule has 3 heterocycles. The van der Waals surface area contributed by atoms with Gasteiger partial charge in [-0.1, -0.05) is 19.1 Å². The van der Waals surface area contributed by atoms with E-state index in [9.17, 15) is 5.26 Å². The fraction of sp³-hybridized carbons (Fsp3) is 0.364. The Labute approximate surface area is 170 Å². The van der Waals surface area contributed by atoms with Crippen molar-refractivity contribution in [2.75, 3.05) is 41.7 Å². The number of nitrogens with one attached hydrogen (secondary N) is 2. The number of piperidine rings is 1. The molecule has 7 nitrogen and oxygen atoms in total. The maximum absolute atomic E-state index is 9.18.